The normalized spacial score (nSPS) is 24.3. The molecule has 2 fully saturated rings. The molecule has 0 saturated carbocycles. The van der Waals surface area contributed by atoms with Crippen LogP contribution in [0.25, 0.3) is 0 Å². The highest BCUT2D eigenvalue weighted by molar-refractivity contribution is 5.81. The number of furan rings is 1. The van der Waals surface area contributed by atoms with E-state index in [1.54, 1.807) is 0 Å². The van der Waals surface area contributed by atoms with E-state index >= 15 is 0 Å². The number of nitrogens with zero attached hydrogens (tertiary/aromatic N) is 1. The van der Waals surface area contributed by atoms with Crippen LogP contribution >= 0.6 is 0 Å². The summed E-state index contributed by atoms with van der Waals surface area (Å²) in [7, 11) is 0. The molecule has 0 radical (unpaired) electrons. The highest BCUT2D eigenvalue weighted by atomic mass is 16.5. The molecule has 2 atom stereocenters. The fraction of sp³-hybridized carbons (Fsp3) is 0.706. The molecule has 3 rings (SSSR count). The second-order valence-electron chi connectivity index (χ2n) is 6.36. The molecule has 0 bridgehead atoms. The van der Waals surface area contributed by atoms with Crippen molar-refractivity contribution >= 4 is 5.91 Å². The Morgan fingerprint density at radius 1 is 1.39 bits per heavy atom. The van der Waals surface area contributed by atoms with E-state index in [4.69, 9.17) is 9.15 Å². The monoisotopic (exact) mass is 321 g/mol. The molecule has 3 heterocycles. The van der Waals surface area contributed by atoms with Crippen LogP contribution in [-0.4, -0.2) is 56.2 Å². The predicted octanol–water partition coefficient (Wildman–Crippen LogP) is 1.22. The maximum absolute atomic E-state index is 12.4. The van der Waals surface area contributed by atoms with E-state index in [0.29, 0.717) is 6.54 Å². The molecular weight excluding hydrogens is 294 g/mol. The Labute approximate surface area is 137 Å². The fourth-order valence-corrected chi connectivity index (χ4v) is 3.33. The van der Waals surface area contributed by atoms with Crippen molar-refractivity contribution in [3.05, 3.63) is 23.7 Å². The van der Waals surface area contributed by atoms with Gasteiger partial charge in [-0.1, -0.05) is 6.42 Å². The van der Waals surface area contributed by atoms with Crippen LogP contribution in [0.2, 0.25) is 0 Å². The van der Waals surface area contributed by atoms with Crippen LogP contribution in [0.1, 0.15) is 36.8 Å². The van der Waals surface area contributed by atoms with Gasteiger partial charge in [-0.15, -0.1) is 0 Å². The number of carbonyl (C=O) groups excluding carboxylic acids is 1. The number of rotatable bonds is 5. The van der Waals surface area contributed by atoms with Crippen molar-refractivity contribution in [3.63, 3.8) is 0 Å². The van der Waals surface area contributed by atoms with E-state index in [1.165, 1.54) is 0 Å². The molecule has 0 aromatic carbocycles. The summed E-state index contributed by atoms with van der Waals surface area (Å²) in [5.41, 5.74) is 0. The zero-order valence-electron chi connectivity index (χ0n) is 13.8. The summed E-state index contributed by atoms with van der Waals surface area (Å²) < 4.78 is 11.3. The highest BCUT2D eigenvalue weighted by Gasteiger charge is 2.27. The van der Waals surface area contributed by atoms with E-state index in [1.807, 2.05) is 19.1 Å². The largest absolute Gasteiger partial charge is 0.465 e. The van der Waals surface area contributed by atoms with Gasteiger partial charge in [0, 0.05) is 19.6 Å². The van der Waals surface area contributed by atoms with Crippen LogP contribution in [-0.2, 0) is 9.53 Å². The Hall–Kier alpha value is -1.37. The van der Waals surface area contributed by atoms with E-state index < -0.39 is 0 Å². The first-order valence-corrected chi connectivity index (χ1v) is 8.63. The van der Waals surface area contributed by atoms with Gasteiger partial charge in [0.15, 0.2) is 0 Å². The molecule has 128 valence electrons. The zero-order chi connectivity index (χ0) is 16.1. The number of nitrogens with one attached hydrogen (secondary N) is 2. The minimum atomic E-state index is -0.0487. The van der Waals surface area contributed by atoms with E-state index in [9.17, 15) is 4.79 Å². The molecule has 2 saturated heterocycles. The molecule has 2 unspecified atom stereocenters. The van der Waals surface area contributed by atoms with Crippen LogP contribution < -0.4 is 10.6 Å². The van der Waals surface area contributed by atoms with Gasteiger partial charge in [-0.2, -0.15) is 0 Å². The first kappa shape index (κ1) is 16.5. The third-order valence-corrected chi connectivity index (χ3v) is 4.67. The number of morpholine rings is 1. The molecule has 0 spiro atoms. The van der Waals surface area contributed by atoms with Gasteiger partial charge < -0.3 is 19.8 Å². The first-order valence-electron chi connectivity index (χ1n) is 8.63. The third kappa shape index (κ3) is 4.34. The van der Waals surface area contributed by atoms with Crippen LogP contribution in [0.3, 0.4) is 0 Å². The lowest BCUT2D eigenvalue weighted by atomic mass is 10.0. The Balaban J connectivity index is 1.62. The summed E-state index contributed by atoms with van der Waals surface area (Å²) in [5.74, 6) is 1.92. The van der Waals surface area contributed by atoms with Gasteiger partial charge in [0.1, 0.15) is 11.5 Å². The number of amides is 1. The lowest BCUT2D eigenvalue weighted by Crippen LogP contribution is -2.49. The van der Waals surface area contributed by atoms with Crippen molar-refractivity contribution in [2.45, 2.75) is 38.3 Å². The van der Waals surface area contributed by atoms with Gasteiger partial charge in [0.2, 0.25) is 5.91 Å². The van der Waals surface area contributed by atoms with E-state index in [2.05, 4.69) is 15.5 Å². The molecule has 23 heavy (non-hydrogen) atoms. The lowest BCUT2D eigenvalue weighted by Gasteiger charge is -2.34. The molecule has 0 aliphatic carbocycles. The summed E-state index contributed by atoms with van der Waals surface area (Å²) in [5, 5.41) is 6.41. The van der Waals surface area contributed by atoms with E-state index in [-0.39, 0.29) is 18.0 Å². The van der Waals surface area contributed by atoms with Crippen LogP contribution in [0.5, 0.6) is 0 Å². The number of hydrogen-bond donors (Lipinski definition) is 2. The molecule has 1 aromatic heterocycles. The van der Waals surface area contributed by atoms with Gasteiger partial charge in [0.25, 0.3) is 0 Å². The topological polar surface area (TPSA) is 66.7 Å². The summed E-state index contributed by atoms with van der Waals surface area (Å²) in [6, 6.07) is 4.01. The van der Waals surface area contributed by atoms with Crippen LogP contribution in [0.4, 0.5) is 0 Å². The lowest BCUT2D eigenvalue weighted by molar-refractivity contribution is -0.124. The summed E-state index contributed by atoms with van der Waals surface area (Å²) >= 11 is 0. The minimum Gasteiger partial charge on any atom is -0.465 e. The molecule has 2 N–H and O–H groups in total. The van der Waals surface area contributed by atoms with Crippen molar-refractivity contribution in [1.82, 2.24) is 15.5 Å². The zero-order valence-corrected chi connectivity index (χ0v) is 13.8. The van der Waals surface area contributed by atoms with Gasteiger partial charge in [0.05, 0.1) is 25.3 Å². The molecule has 2 aliphatic rings. The summed E-state index contributed by atoms with van der Waals surface area (Å²) in [6.07, 6.45) is 3.20. The molecule has 1 aromatic rings. The number of carbonyl (C=O) groups is 1. The molecule has 6 heteroatoms. The molecular formula is C17H27N3O3. The van der Waals surface area contributed by atoms with E-state index in [0.717, 1.165) is 63.6 Å². The first-order chi connectivity index (χ1) is 11.2. The summed E-state index contributed by atoms with van der Waals surface area (Å²) in [4.78, 5) is 14.7. The fourth-order valence-electron chi connectivity index (χ4n) is 3.33. The van der Waals surface area contributed by atoms with Gasteiger partial charge in [-0.3, -0.25) is 9.69 Å². The van der Waals surface area contributed by atoms with Crippen molar-refractivity contribution in [2.75, 3.05) is 39.4 Å². The maximum atomic E-state index is 12.4. The quantitative estimate of drug-likeness (QED) is 0.853. The van der Waals surface area contributed by atoms with Crippen LogP contribution in [0, 0.1) is 6.92 Å². The molecule has 6 nitrogen and oxygen atoms in total. The number of ether oxygens (including phenoxy) is 1. The number of hydrogen-bond acceptors (Lipinski definition) is 5. The Morgan fingerprint density at radius 3 is 2.87 bits per heavy atom. The predicted molar refractivity (Wildman–Crippen MR) is 87.2 cm³/mol. The average molecular weight is 321 g/mol. The number of piperidine rings is 1. The van der Waals surface area contributed by atoms with Gasteiger partial charge in [-0.05, 0) is 38.4 Å². The summed E-state index contributed by atoms with van der Waals surface area (Å²) in [6.45, 7) is 6.64. The Morgan fingerprint density at radius 2 is 2.22 bits per heavy atom. The smallest absolute Gasteiger partial charge is 0.237 e. The highest BCUT2D eigenvalue weighted by Crippen LogP contribution is 2.23. The standard InChI is InChI=1S/C17H27N3O3/c1-13-5-6-16(23-13)15(20-8-10-22-11-9-20)12-19-17(21)14-4-2-3-7-18-14/h5-6,14-15,18H,2-4,7-12H2,1H3,(H,19,21). The SMILES string of the molecule is Cc1ccc(C(CNC(=O)C2CCCCN2)N2CCOCC2)o1. The van der Waals surface area contributed by atoms with Gasteiger partial charge >= 0.3 is 0 Å². The van der Waals surface area contributed by atoms with Crippen molar-refractivity contribution in [1.29, 1.82) is 0 Å². The van der Waals surface area contributed by atoms with Gasteiger partial charge in [-0.25, -0.2) is 0 Å². The van der Waals surface area contributed by atoms with Crippen LogP contribution in [0.15, 0.2) is 16.5 Å². The minimum absolute atomic E-state index is 0.0487. The van der Waals surface area contributed by atoms with Crippen molar-refractivity contribution < 1.29 is 13.9 Å². The third-order valence-electron chi connectivity index (χ3n) is 4.67. The Kier molecular flexibility index (Phi) is 5.70. The Bertz CT molecular complexity index is 505. The molecule has 1 amide bonds. The van der Waals surface area contributed by atoms with Crippen molar-refractivity contribution in [3.8, 4) is 0 Å². The molecule has 2 aliphatic heterocycles. The number of aryl methyl sites for hydroxylation is 1. The second-order valence-corrected chi connectivity index (χ2v) is 6.36. The van der Waals surface area contributed by atoms with Crippen molar-refractivity contribution in [2.24, 2.45) is 0 Å². The second kappa shape index (κ2) is 7.95. The maximum Gasteiger partial charge on any atom is 0.237 e. The average Bonchev–Trinajstić information content (AvgIpc) is 3.03.